The van der Waals surface area contributed by atoms with Gasteiger partial charge in [-0.2, -0.15) is 4.98 Å². The maximum absolute atomic E-state index is 14.1. The molecule has 0 unspecified atom stereocenters. The van der Waals surface area contributed by atoms with Gasteiger partial charge in [-0.1, -0.05) is 0 Å². The molecule has 25 heavy (non-hydrogen) atoms. The average molecular weight is 349 g/mol. The molecule has 9 heteroatoms. The van der Waals surface area contributed by atoms with Gasteiger partial charge < -0.3 is 14.9 Å². The largest absolute Gasteiger partial charge is 0.394 e. The minimum atomic E-state index is -1.88. The molecule has 1 aliphatic rings. The first-order chi connectivity index (χ1) is 12.0. The number of rotatable bonds is 5. The number of ketones is 1. The molecule has 2 aromatic rings. The minimum absolute atomic E-state index is 0.103. The van der Waals surface area contributed by atoms with Crippen LogP contribution in [0.2, 0.25) is 0 Å². The quantitative estimate of drug-likeness (QED) is 0.709. The number of hydrogen-bond donors (Lipinski definition) is 2. The molecular weight excluding hydrogens is 333 g/mol. The van der Waals surface area contributed by atoms with Gasteiger partial charge in [-0.25, -0.2) is 9.18 Å². The van der Waals surface area contributed by atoms with Crippen LogP contribution in [0, 0.1) is 0 Å². The van der Waals surface area contributed by atoms with Gasteiger partial charge in [0.2, 0.25) is 0 Å². The molecule has 3 heterocycles. The first-order valence-corrected chi connectivity index (χ1v) is 7.61. The summed E-state index contributed by atoms with van der Waals surface area (Å²) in [5.41, 5.74) is -0.192. The highest BCUT2D eigenvalue weighted by Gasteiger charge is 2.45. The Labute approximate surface area is 141 Å². The topological polar surface area (TPSA) is 115 Å². The Morgan fingerprint density at radius 1 is 1.40 bits per heavy atom. The number of hydrogen-bond acceptors (Lipinski definition) is 7. The molecule has 0 radical (unpaired) electrons. The van der Waals surface area contributed by atoms with Crippen LogP contribution in [-0.2, 0) is 11.2 Å². The Balaban J connectivity index is 1.78. The van der Waals surface area contributed by atoms with Crippen molar-refractivity contribution in [3.05, 3.63) is 58.5 Å². The second-order valence-electron chi connectivity index (χ2n) is 5.63. The van der Waals surface area contributed by atoms with Gasteiger partial charge in [0.25, 0.3) is 0 Å². The van der Waals surface area contributed by atoms with Crippen molar-refractivity contribution in [1.29, 1.82) is 0 Å². The van der Waals surface area contributed by atoms with Gasteiger partial charge in [0, 0.05) is 24.2 Å². The third kappa shape index (κ3) is 3.48. The summed E-state index contributed by atoms with van der Waals surface area (Å²) in [6.07, 6.45) is -1.79. The van der Waals surface area contributed by atoms with Crippen molar-refractivity contribution in [3.8, 4) is 0 Å². The number of ether oxygens (including phenoxy) is 1. The van der Waals surface area contributed by atoms with Crippen LogP contribution in [0.4, 0.5) is 4.39 Å². The molecule has 4 atom stereocenters. The number of aromatic nitrogens is 3. The molecule has 0 aromatic carbocycles. The van der Waals surface area contributed by atoms with E-state index in [4.69, 9.17) is 9.84 Å². The lowest BCUT2D eigenvalue weighted by atomic mass is 10.1. The monoisotopic (exact) mass is 349 g/mol. The Morgan fingerprint density at radius 2 is 2.20 bits per heavy atom. The van der Waals surface area contributed by atoms with E-state index in [9.17, 15) is 19.1 Å². The molecule has 0 spiro atoms. The summed E-state index contributed by atoms with van der Waals surface area (Å²) in [7, 11) is 0. The zero-order valence-corrected chi connectivity index (χ0v) is 13.0. The Kier molecular flexibility index (Phi) is 4.98. The van der Waals surface area contributed by atoms with E-state index >= 15 is 0 Å². The van der Waals surface area contributed by atoms with Crippen LogP contribution in [0.1, 0.15) is 22.3 Å². The third-order valence-corrected chi connectivity index (χ3v) is 3.96. The lowest BCUT2D eigenvalue weighted by Gasteiger charge is -2.15. The molecule has 132 valence electrons. The van der Waals surface area contributed by atoms with E-state index in [1.807, 2.05) is 0 Å². The van der Waals surface area contributed by atoms with E-state index in [1.165, 1.54) is 18.5 Å². The van der Waals surface area contributed by atoms with Crippen LogP contribution in [0.5, 0.6) is 0 Å². The van der Waals surface area contributed by atoms with Crippen molar-refractivity contribution >= 4 is 5.78 Å². The number of alkyl halides is 1. The molecular formula is C16H16FN3O5. The molecule has 1 fully saturated rings. The number of aliphatic hydroxyl groups is 2. The zero-order valence-electron chi connectivity index (χ0n) is 13.0. The zero-order chi connectivity index (χ0) is 18.0. The molecule has 0 saturated carbocycles. The number of halogens is 1. The smallest absolute Gasteiger partial charge is 0.350 e. The maximum Gasteiger partial charge on any atom is 0.350 e. The number of Topliss-reactive ketones (excluding diaryl/α,β-unsaturated/α-hetero) is 1. The standard InChI is InChI=1S/C16H16FN3O5/c17-13-14(23)12(8-21)25-15(13)20-5-3-10(19-16(20)24)6-11(22)9-2-1-4-18-7-9/h1-5,7,12-15,21,23H,6,8H2/t12-,13-,14-,15-/m1/s1. The Hall–Kier alpha value is -2.49. The van der Waals surface area contributed by atoms with Crippen molar-refractivity contribution in [1.82, 2.24) is 14.5 Å². The predicted octanol–water partition coefficient (Wildman–Crippen LogP) is -0.348. The van der Waals surface area contributed by atoms with E-state index < -0.39 is 36.9 Å². The van der Waals surface area contributed by atoms with Gasteiger partial charge in [0.15, 0.2) is 18.2 Å². The Bertz CT molecular complexity index is 813. The van der Waals surface area contributed by atoms with Crippen molar-refractivity contribution in [2.45, 2.75) is 31.0 Å². The highest BCUT2D eigenvalue weighted by atomic mass is 19.1. The van der Waals surface area contributed by atoms with Gasteiger partial charge in [0.1, 0.15) is 12.2 Å². The van der Waals surface area contributed by atoms with Gasteiger partial charge in [-0.05, 0) is 18.2 Å². The minimum Gasteiger partial charge on any atom is -0.394 e. The predicted molar refractivity (Wildman–Crippen MR) is 82.7 cm³/mol. The molecule has 8 nitrogen and oxygen atoms in total. The molecule has 2 aromatic heterocycles. The van der Waals surface area contributed by atoms with Gasteiger partial charge in [0.05, 0.1) is 18.7 Å². The van der Waals surface area contributed by atoms with Crippen LogP contribution >= 0.6 is 0 Å². The normalized spacial score (nSPS) is 25.9. The van der Waals surface area contributed by atoms with Crippen molar-refractivity contribution in [2.24, 2.45) is 0 Å². The summed E-state index contributed by atoms with van der Waals surface area (Å²) in [5, 5.41) is 18.7. The van der Waals surface area contributed by atoms with Crippen molar-refractivity contribution in [2.75, 3.05) is 6.61 Å². The second kappa shape index (κ2) is 7.18. The molecule has 3 rings (SSSR count). The van der Waals surface area contributed by atoms with Crippen LogP contribution in [0.25, 0.3) is 0 Å². The highest BCUT2D eigenvalue weighted by Crippen LogP contribution is 2.30. The number of carbonyl (C=O) groups is 1. The number of aliphatic hydroxyl groups excluding tert-OH is 2. The van der Waals surface area contributed by atoms with Crippen LogP contribution in [0.3, 0.4) is 0 Å². The van der Waals surface area contributed by atoms with Crippen LogP contribution in [0.15, 0.2) is 41.6 Å². The highest BCUT2D eigenvalue weighted by molar-refractivity contribution is 5.96. The number of pyridine rings is 1. The molecule has 1 aliphatic heterocycles. The second-order valence-corrected chi connectivity index (χ2v) is 5.63. The van der Waals surface area contributed by atoms with E-state index in [0.717, 1.165) is 4.57 Å². The lowest BCUT2D eigenvalue weighted by molar-refractivity contribution is -0.0491. The van der Waals surface area contributed by atoms with E-state index in [1.54, 1.807) is 18.3 Å². The first kappa shape index (κ1) is 17.3. The molecule has 2 N–H and O–H groups in total. The van der Waals surface area contributed by atoms with Crippen LogP contribution < -0.4 is 5.69 Å². The van der Waals surface area contributed by atoms with Gasteiger partial charge in [-0.3, -0.25) is 14.3 Å². The van der Waals surface area contributed by atoms with Crippen molar-refractivity contribution < 1.29 is 24.1 Å². The van der Waals surface area contributed by atoms with Crippen molar-refractivity contribution in [3.63, 3.8) is 0 Å². The van der Waals surface area contributed by atoms with E-state index in [2.05, 4.69) is 9.97 Å². The van der Waals surface area contributed by atoms with E-state index in [-0.39, 0.29) is 17.9 Å². The van der Waals surface area contributed by atoms with E-state index in [0.29, 0.717) is 5.56 Å². The summed E-state index contributed by atoms with van der Waals surface area (Å²) in [6, 6.07) is 4.64. The fraction of sp³-hybridized carbons (Fsp3) is 0.375. The first-order valence-electron chi connectivity index (χ1n) is 7.61. The summed E-state index contributed by atoms with van der Waals surface area (Å²) < 4.78 is 20.1. The fourth-order valence-electron chi connectivity index (χ4n) is 2.61. The number of nitrogens with zero attached hydrogens (tertiary/aromatic N) is 3. The molecule has 1 saturated heterocycles. The summed E-state index contributed by atoms with van der Waals surface area (Å²) >= 11 is 0. The van der Waals surface area contributed by atoms with Gasteiger partial charge >= 0.3 is 5.69 Å². The lowest BCUT2D eigenvalue weighted by Crippen LogP contribution is -2.33. The van der Waals surface area contributed by atoms with Gasteiger partial charge in [-0.15, -0.1) is 0 Å². The Morgan fingerprint density at radius 3 is 2.80 bits per heavy atom. The molecule has 0 aliphatic carbocycles. The number of carbonyl (C=O) groups excluding carboxylic acids is 1. The SMILES string of the molecule is O=C(Cc1ccn([C@@H]2O[C@H](CO)[C@@H](O)[C@H]2F)c(=O)n1)c1cccnc1. The summed E-state index contributed by atoms with van der Waals surface area (Å²) in [5.74, 6) is -0.256. The maximum atomic E-state index is 14.1. The molecule has 0 amide bonds. The summed E-state index contributed by atoms with van der Waals surface area (Å²) in [4.78, 5) is 31.9. The average Bonchev–Trinajstić information content (AvgIpc) is 2.91. The molecule has 0 bridgehead atoms. The fourth-order valence-corrected chi connectivity index (χ4v) is 2.61. The summed E-state index contributed by atoms with van der Waals surface area (Å²) in [6.45, 7) is -0.571. The van der Waals surface area contributed by atoms with Crippen LogP contribution in [-0.4, -0.2) is 55.5 Å². The third-order valence-electron chi connectivity index (χ3n) is 3.96.